The Morgan fingerprint density at radius 2 is 2.00 bits per heavy atom. The Kier molecular flexibility index (Phi) is 3.97. The molecule has 1 atom stereocenters. The predicted molar refractivity (Wildman–Crippen MR) is 73.6 cm³/mol. The molecule has 0 heterocycles. The van der Waals surface area contributed by atoms with Crippen molar-refractivity contribution in [1.29, 1.82) is 0 Å². The summed E-state index contributed by atoms with van der Waals surface area (Å²) in [4.78, 5) is 23.5. The Morgan fingerprint density at radius 3 is 2.60 bits per heavy atom. The minimum atomic E-state index is -0.956. The minimum absolute atomic E-state index is 0.229. The van der Waals surface area contributed by atoms with Crippen LogP contribution in [-0.2, 0) is 27.2 Å². The maximum absolute atomic E-state index is 12.1. The van der Waals surface area contributed by atoms with E-state index in [0.717, 1.165) is 16.9 Å². The fraction of sp³-hybridized carbons (Fsp3) is 0.467. The van der Waals surface area contributed by atoms with E-state index in [-0.39, 0.29) is 5.91 Å². The number of amides is 1. The average molecular weight is 277 g/mol. The number of carbonyl (C=O) groups excluding carboxylic acids is 2. The molecule has 1 unspecified atom stereocenters. The number of fused-ring (bicyclic) bond motifs is 1. The maximum atomic E-state index is 12.1. The third-order valence-corrected chi connectivity index (χ3v) is 3.72. The van der Waals surface area contributed by atoms with E-state index in [1.165, 1.54) is 14.0 Å². The first-order valence-corrected chi connectivity index (χ1v) is 6.54. The second-order valence-corrected chi connectivity index (χ2v) is 5.07. The largest absolute Gasteiger partial charge is 0.497 e. The molecular weight excluding hydrogens is 258 g/mol. The smallest absolute Gasteiger partial charge is 0.331 e. The number of hydrogen-bond acceptors (Lipinski definition) is 4. The van der Waals surface area contributed by atoms with Gasteiger partial charge >= 0.3 is 5.97 Å². The number of aryl methyl sites for hydroxylation is 1. The zero-order valence-electron chi connectivity index (χ0n) is 12.0. The van der Waals surface area contributed by atoms with E-state index in [4.69, 9.17) is 9.47 Å². The highest BCUT2D eigenvalue weighted by molar-refractivity contribution is 5.88. The van der Waals surface area contributed by atoms with Gasteiger partial charge in [-0.05, 0) is 36.1 Å². The summed E-state index contributed by atoms with van der Waals surface area (Å²) in [6.07, 6.45) is 1.67. The predicted octanol–water partition coefficient (Wildman–Crippen LogP) is 1.23. The van der Waals surface area contributed by atoms with Crippen molar-refractivity contribution in [3.8, 4) is 5.75 Å². The van der Waals surface area contributed by atoms with Crippen LogP contribution in [0.2, 0.25) is 0 Å². The molecule has 0 fully saturated rings. The summed E-state index contributed by atoms with van der Waals surface area (Å²) in [5.74, 6) is 0.176. The Bertz CT molecular complexity index is 541. The second kappa shape index (κ2) is 5.53. The number of esters is 1. The molecule has 20 heavy (non-hydrogen) atoms. The van der Waals surface area contributed by atoms with Crippen LogP contribution in [-0.4, -0.2) is 31.6 Å². The van der Waals surface area contributed by atoms with Crippen LogP contribution in [0.25, 0.3) is 0 Å². The van der Waals surface area contributed by atoms with Crippen molar-refractivity contribution in [3.05, 3.63) is 29.3 Å². The monoisotopic (exact) mass is 277 g/mol. The van der Waals surface area contributed by atoms with Crippen molar-refractivity contribution in [1.82, 2.24) is 5.32 Å². The minimum Gasteiger partial charge on any atom is -0.497 e. The van der Waals surface area contributed by atoms with E-state index >= 15 is 0 Å². The van der Waals surface area contributed by atoms with Gasteiger partial charge in [0.1, 0.15) is 11.3 Å². The van der Waals surface area contributed by atoms with Gasteiger partial charge in [0, 0.05) is 13.3 Å². The molecule has 0 spiro atoms. The third kappa shape index (κ3) is 2.61. The lowest BCUT2D eigenvalue weighted by molar-refractivity contribution is -0.151. The van der Waals surface area contributed by atoms with Crippen molar-refractivity contribution in [2.24, 2.45) is 0 Å². The molecule has 0 aromatic heterocycles. The van der Waals surface area contributed by atoms with Crippen LogP contribution in [0.4, 0.5) is 0 Å². The van der Waals surface area contributed by atoms with E-state index in [2.05, 4.69) is 5.32 Å². The zero-order chi connectivity index (χ0) is 14.8. The van der Waals surface area contributed by atoms with E-state index < -0.39 is 11.5 Å². The number of benzene rings is 1. The molecule has 5 nitrogen and oxygen atoms in total. The molecule has 1 aromatic rings. The summed E-state index contributed by atoms with van der Waals surface area (Å²) >= 11 is 0. The SMILES string of the molecule is COC(=O)C1(NC(C)=O)CCc2cc(OC)ccc2C1. The molecule has 108 valence electrons. The topological polar surface area (TPSA) is 64.6 Å². The highest BCUT2D eigenvalue weighted by Gasteiger charge is 2.43. The number of hydrogen-bond donors (Lipinski definition) is 1. The molecule has 0 radical (unpaired) electrons. The second-order valence-electron chi connectivity index (χ2n) is 5.07. The van der Waals surface area contributed by atoms with Gasteiger partial charge in [-0.2, -0.15) is 0 Å². The lowest BCUT2D eigenvalue weighted by atomic mass is 9.77. The standard InChI is InChI=1S/C15H19NO4/c1-10(17)16-15(14(18)20-3)7-6-11-8-13(19-2)5-4-12(11)9-15/h4-5,8H,6-7,9H2,1-3H3,(H,16,17). The number of nitrogens with one attached hydrogen (secondary N) is 1. The molecule has 5 heteroatoms. The number of methoxy groups -OCH3 is 2. The molecule has 1 N–H and O–H groups in total. The zero-order valence-corrected chi connectivity index (χ0v) is 12.0. The number of carbonyl (C=O) groups is 2. The third-order valence-electron chi connectivity index (χ3n) is 3.72. The van der Waals surface area contributed by atoms with Gasteiger partial charge in [0.2, 0.25) is 5.91 Å². The Morgan fingerprint density at radius 1 is 1.25 bits per heavy atom. The molecule has 0 saturated carbocycles. The first-order valence-electron chi connectivity index (χ1n) is 6.54. The Balaban J connectivity index is 2.34. The summed E-state index contributed by atoms with van der Waals surface area (Å²) in [6, 6.07) is 5.77. The normalized spacial score (nSPS) is 20.8. The maximum Gasteiger partial charge on any atom is 0.331 e. The quantitative estimate of drug-likeness (QED) is 0.844. The summed E-state index contributed by atoms with van der Waals surface area (Å²) in [7, 11) is 2.97. The highest BCUT2D eigenvalue weighted by atomic mass is 16.5. The van der Waals surface area contributed by atoms with Crippen LogP contribution in [0.3, 0.4) is 0 Å². The molecular formula is C15H19NO4. The van der Waals surface area contributed by atoms with Crippen LogP contribution in [0.15, 0.2) is 18.2 Å². The van der Waals surface area contributed by atoms with Gasteiger partial charge in [0.25, 0.3) is 0 Å². The fourth-order valence-electron chi connectivity index (χ4n) is 2.76. The molecule has 1 aliphatic carbocycles. The Hall–Kier alpha value is -2.04. The molecule has 1 aromatic carbocycles. The van der Waals surface area contributed by atoms with E-state index in [1.54, 1.807) is 7.11 Å². The lowest BCUT2D eigenvalue weighted by Crippen LogP contribution is -2.57. The fourth-order valence-corrected chi connectivity index (χ4v) is 2.76. The number of rotatable bonds is 3. The van der Waals surface area contributed by atoms with E-state index in [0.29, 0.717) is 19.3 Å². The summed E-state index contributed by atoms with van der Waals surface area (Å²) in [5, 5.41) is 2.77. The van der Waals surface area contributed by atoms with Crippen molar-refractivity contribution in [2.75, 3.05) is 14.2 Å². The molecule has 1 aliphatic rings. The molecule has 0 bridgehead atoms. The first kappa shape index (κ1) is 14.4. The van der Waals surface area contributed by atoms with Gasteiger partial charge in [0.05, 0.1) is 14.2 Å². The Labute approximate surface area is 118 Å². The average Bonchev–Trinajstić information content (AvgIpc) is 2.45. The van der Waals surface area contributed by atoms with Gasteiger partial charge < -0.3 is 14.8 Å². The van der Waals surface area contributed by atoms with E-state index in [1.807, 2.05) is 18.2 Å². The van der Waals surface area contributed by atoms with E-state index in [9.17, 15) is 9.59 Å². The molecule has 1 amide bonds. The molecule has 0 saturated heterocycles. The van der Waals surface area contributed by atoms with Gasteiger partial charge in [-0.25, -0.2) is 4.79 Å². The van der Waals surface area contributed by atoms with Crippen LogP contribution >= 0.6 is 0 Å². The van der Waals surface area contributed by atoms with Gasteiger partial charge in [-0.1, -0.05) is 6.07 Å². The van der Waals surface area contributed by atoms with Crippen molar-refractivity contribution in [3.63, 3.8) is 0 Å². The van der Waals surface area contributed by atoms with Crippen LogP contribution < -0.4 is 10.1 Å². The number of ether oxygens (including phenoxy) is 2. The highest BCUT2D eigenvalue weighted by Crippen LogP contribution is 2.32. The molecule has 0 aliphatic heterocycles. The van der Waals surface area contributed by atoms with Gasteiger partial charge in [0.15, 0.2) is 0 Å². The summed E-state index contributed by atoms with van der Waals surface area (Å²) in [6.45, 7) is 1.41. The molecule has 2 rings (SSSR count). The lowest BCUT2D eigenvalue weighted by Gasteiger charge is -2.36. The summed E-state index contributed by atoms with van der Waals surface area (Å²) in [5.41, 5.74) is 1.23. The first-order chi connectivity index (χ1) is 9.50. The van der Waals surface area contributed by atoms with Gasteiger partial charge in [-0.15, -0.1) is 0 Å². The van der Waals surface area contributed by atoms with Crippen molar-refractivity contribution < 1.29 is 19.1 Å². The van der Waals surface area contributed by atoms with Gasteiger partial charge in [-0.3, -0.25) is 4.79 Å². The van der Waals surface area contributed by atoms with Crippen molar-refractivity contribution in [2.45, 2.75) is 31.7 Å². The van der Waals surface area contributed by atoms with Crippen LogP contribution in [0, 0.1) is 0 Å². The van der Waals surface area contributed by atoms with Crippen LogP contribution in [0.1, 0.15) is 24.5 Å². The van der Waals surface area contributed by atoms with Crippen molar-refractivity contribution >= 4 is 11.9 Å². The van der Waals surface area contributed by atoms with Crippen LogP contribution in [0.5, 0.6) is 5.75 Å². The summed E-state index contributed by atoms with van der Waals surface area (Å²) < 4.78 is 10.1.